The quantitative estimate of drug-likeness (QED) is 0.678. The molecule has 0 radical (unpaired) electrons. The molecule has 0 amide bonds. The van der Waals surface area contributed by atoms with Gasteiger partial charge in [-0.05, 0) is 29.3 Å². The number of nitrogens with zero attached hydrogens (tertiary/aromatic N) is 1. The average molecular weight is 230 g/mol. The smallest absolute Gasteiger partial charge is 0.188 e. The van der Waals surface area contributed by atoms with Crippen LogP contribution in [0, 0.1) is 0 Å². The highest BCUT2D eigenvalue weighted by Crippen LogP contribution is 2.11. The number of halogens is 1. The molecule has 0 saturated carbocycles. The molecule has 0 unspecified atom stereocenters. The normalized spacial score (nSPS) is 24.5. The molecule has 0 aromatic heterocycles. The van der Waals surface area contributed by atoms with Crippen LogP contribution in [0.25, 0.3) is 0 Å². The van der Waals surface area contributed by atoms with E-state index in [-0.39, 0.29) is 0 Å². The first-order valence-corrected chi connectivity index (χ1v) is 4.84. The first-order valence-electron chi connectivity index (χ1n) is 4.04. The Bertz CT molecular complexity index is 231. The molecule has 0 aromatic rings. The van der Waals surface area contributed by atoms with Crippen LogP contribution in [-0.2, 0) is 4.74 Å². The third kappa shape index (κ3) is 3.22. The number of rotatable bonds is 1. The minimum Gasteiger partial charge on any atom is -0.481 e. The van der Waals surface area contributed by atoms with Gasteiger partial charge in [-0.2, -0.15) is 0 Å². The molecule has 0 bridgehead atoms. The second kappa shape index (κ2) is 5.14. The lowest BCUT2D eigenvalue weighted by Gasteiger charge is -2.05. The van der Waals surface area contributed by atoms with Gasteiger partial charge in [-0.15, -0.1) is 0 Å². The van der Waals surface area contributed by atoms with Gasteiger partial charge in [-0.1, -0.05) is 12.2 Å². The molecule has 1 aliphatic heterocycles. The Morgan fingerprint density at radius 1 is 1.67 bits per heavy atom. The van der Waals surface area contributed by atoms with Gasteiger partial charge in [0.05, 0.1) is 6.61 Å². The molecule has 0 atom stereocenters. The molecule has 0 saturated heterocycles. The minimum atomic E-state index is 0.688. The molecule has 2 nitrogen and oxygen atoms in total. The van der Waals surface area contributed by atoms with Crippen molar-refractivity contribution in [3.63, 3.8) is 0 Å². The Morgan fingerprint density at radius 2 is 2.50 bits per heavy atom. The van der Waals surface area contributed by atoms with Gasteiger partial charge in [0, 0.05) is 17.1 Å². The van der Waals surface area contributed by atoms with Gasteiger partial charge in [0.1, 0.15) is 0 Å². The highest BCUT2D eigenvalue weighted by molar-refractivity contribution is 9.11. The van der Waals surface area contributed by atoms with Crippen molar-refractivity contribution in [3.05, 3.63) is 22.8 Å². The summed E-state index contributed by atoms with van der Waals surface area (Å²) in [6, 6.07) is 0. The van der Waals surface area contributed by atoms with Crippen LogP contribution in [0.3, 0.4) is 0 Å². The van der Waals surface area contributed by atoms with E-state index in [0.29, 0.717) is 6.61 Å². The number of ether oxygens (including phenoxy) is 1. The highest BCUT2D eigenvalue weighted by Gasteiger charge is 1.99. The molecular weight excluding hydrogens is 218 g/mol. The fourth-order valence-electron chi connectivity index (χ4n) is 0.920. The molecule has 1 aliphatic rings. The Labute approximate surface area is 81.2 Å². The fraction of sp³-hybridized carbons (Fsp3) is 0.444. The van der Waals surface area contributed by atoms with Crippen LogP contribution in [0.15, 0.2) is 27.8 Å². The van der Waals surface area contributed by atoms with Crippen LogP contribution in [-0.4, -0.2) is 12.5 Å². The number of hydrogen-bond donors (Lipinski definition) is 0. The first kappa shape index (κ1) is 9.52. The number of aliphatic imine (C=N–C) groups is 1. The topological polar surface area (TPSA) is 21.6 Å². The predicted octanol–water partition coefficient (Wildman–Crippen LogP) is 3.01. The summed E-state index contributed by atoms with van der Waals surface area (Å²) in [6.07, 6.45) is 7.75. The van der Waals surface area contributed by atoms with Gasteiger partial charge in [0.2, 0.25) is 0 Å². The zero-order valence-corrected chi connectivity index (χ0v) is 8.67. The third-order valence-corrected chi connectivity index (χ3v) is 1.91. The van der Waals surface area contributed by atoms with Gasteiger partial charge in [-0.3, -0.25) is 0 Å². The third-order valence-electron chi connectivity index (χ3n) is 1.44. The van der Waals surface area contributed by atoms with Crippen molar-refractivity contribution >= 4 is 21.8 Å². The van der Waals surface area contributed by atoms with E-state index < -0.39 is 0 Å². The van der Waals surface area contributed by atoms with Crippen molar-refractivity contribution < 1.29 is 4.74 Å². The van der Waals surface area contributed by atoms with E-state index in [1.165, 1.54) is 0 Å². The van der Waals surface area contributed by atoms with E-state index in [2.05, 4.69) is 27.0 Å². The van der Waals surface area contributed by atoms with Crippen molar-refractivity contribution in [1.82, 2.24) is 0 Å². The van der Waals surface area contributed by atoms with Crippen molar-refractivity contribution in [3.8, 4) is 0 Å². The van der Waals surface area contributed by atoms with E-state index in [4.69, 9.17) is 4.74 Å². The Kier molecular flexibility index (Phi) is 4.08. The maximum atomic E-state index is 5.32. The largest absolute Gasteiger partial charge is 0.481 e. The molecule has 12 heavy (non-hydrogen) atoms. The first-order chi connectivity index (χ1) is 5.83. The Morgan fingerprint density at radius 3 is 3.25 bits per heavy atom. The second-order valence-corrected chi connectivity index (χ2v) is 3.33. The lowest BCUT2D eigenvalue weighted by Crippen LogP contribution is -2.04. The monoisotopic (exact) mass is 229 g/mol. The highest BCUT2D eigenvalue weighted by atomic mass is 79.9. The van der Waals surface area contributed by atoms with Crippen molar-refractivity contribution in [2.75, 3.05) is 6.61 Å². The van der Waals surface area contributed by atoms with E-state index in [9.17, 15) is 0 Å². The Balaban J connectivity index is 2.64. The van der Waals surface area contributed by atoms with Gasteiger partial charge in [0.25, 0.3) is 0 Å². The van der Waals surface area contributed by atoms with Gasteiger partial charge < -0.3 is 4.74 Å². The SMILES string of the molecule is CCOC1=N/C=C(Br)\C=C/CC1. The van der Waals surface area contributed by atoms with E-state index in [1.54, 1.807) is 6.20 Å². The summed E-state index contributed by atoms with van der Waals surface area (Å²) in [5.41, 5.74) is 0. The van der Waals surface area contributed by atoms with Crippen LogP contribution in [0.5, 0.6) is 0 Å². The molecule has 1 heterocycles. The van der Waals surface area contributed by atoms with Gasteiger partial charge in [-0.25, -0.2) is 4.99 Å². The zero-order valence-electron chi connectivity index (χ0n) is 7.09. The summed E-state index contributed by atoms with van der Waals surface area (Å²) in [6.45, 7) is 2.66. The molecule has 0 aliphatic carbocycles. The van der Waals surface area contributed by atoms with Crippen LogP contribution in [0.2, 0.25) is 0 Å². The van der Waals surface area contributed by atoms with Crippen LogP contribution < -0.4 is 0 Å². The number of hydrogen-bond acceptors (Lipinski definition) is 2. The molecule has 0 N–H and O–H groups in total. The molecule has 0 fully saturated rings. The summed E-state index contributed by atoms with van der Waals surface area (Å²) < 4.78 is 6.30. The van der Waals surface area contributed by atoms with Gasteiger partial charge >= 0.3 is 0 Å². The van der Waals surface area contributed by atoms with E-state index in [1.807, 2.05) is 13.0 Å². The molecule has 66 valence electrons. The summed E-state index contributed by atoms with van der Waals surface area (Å²) in [4.78, 5) is 4.19. The predicted molar refractivity (Wildman–Crippen MR) is 54.4 cm³/mol. The molecule has 0 aromatic carbocycles. The zero-order chi connectivity index (χ0) is 8.81. The van der Waals surface area contributed by atoms with Crippen molar-refractivity contribution in [2.45, 2.75) is 19.8 Å². The number of allylic oxidation sites excluding steroid dienone is 3. The lowest BCUT2D eigenvalue weighted by atomic mass is 10.2. The van der Waals surface area contributed by atoms with E-state index >= 15 is 0 Å². The maximum absolute atomic E-state index is 5.32. The second-order valence-electron chi connectivity index (χ2n) is 2.41. The van der Waals surface area contributed by atoms with Crippen LogP contribution in [0.4, 0.5) is 0 Å². The summed E-state index contributed by atoms with van der Waals surface area (Å²) >= 11 is 3.36. The molecule has 1 rings (SSSR count). The fourth-order valence-corrected chi connectivity index (χ4v) is 1.21. The summed E-state index contributed by atoms with van der Waals surface area (Å²) in [5.74, 6) is 0.818. The minimum absolute atomic E-state index is 0.688. The standard InChI is InChI=1S/C9H12BrNO/c1-2-12-9-6-4-3-5-8(10)7-11-9/h3,5,7H,2,4,6H2,1H3/b5-3-,8-7+,11-9?. The maximum Gasteiger partial charge on any atom is 0.188 e. The van der Waals surface area contributed by atoms with Crippen LogP contribution >= 0.6 is 15.9 Å². The lowest BCUT2D eigenvalue weighted by molar-refractivity contribution is 0.317. The van der Waals surface area contributed by atoms with Crippen molar-refractivity contribution in [1.29, 1.82) is 0 Å². The van der Waals surface area contributed by atoms with Gasteiger partial charge in [0.15, 0.2) is 5.90 Å². The Hall–Kier alpha value is -0.570. The van der Waals surface area contributed by atoms with Crippen molar-refractivity contribution in [2.24, 2.45) is 4.99 Å². The molecule has 0 spiro atoms. The molecular formula is C9H12BrNO. The van der Waals surface area contributed by atoms with E-state index in [0.717, 1.165) is 23.2 Å². The van der Waals surface area contributed by atoms with Crippen LogP contribution in [0.1, 0.15) is 19.8 Å². The average Bonchev–Trinajstić information content (AvgIpc) is 2.04. The summed E-state index contributed by atoms with van der Waals surface area (Å²) in [7, 11) is 0. The summed E-state index contributed by atoms with van der Waals surface area (Å²) in [5, 5.41) is 0. The molecule has 3 heteroatoms.